The van der Waals surface area contributed by atoms with Gasteiger partial charge in [-0.05, 0) is 19.9 Å². The largest absolute Gasteiger partial charge is 0.311 e. The Morgan fingerprint density at radius 3 is 2.78 bits per heavy atom. The first kappa shape index (κ1) is 8.63. The van der Waals surface area contributed by atoms with Gasteiger partial charge < -0.3 is 10.7 Å². The van der Waals surface area contributed by atoms with Gasteiger partial charge in [-0.15, -0.1) is 0 Å². The fourth-order valence-electron chi connectivity index (χ4n) is 0.565. The molecule has 0 bridgehead atoms. The van der Waals surface area contributed by atoms with Crippen LogP contribution in [0, 0.1) is 5.41 Å². The minimum atomic E-state index is 0.247. The molecule has 0 aromatic heterocycles. The minimum Gasteiger partial charge on any atom is -0.311 e. The number of hydrogen-bond donors (Lipinski definition) is 2. The quantitative estimate of drug-likeness (QED) is 0.426. The Balaban J connectivity index is 2.96. The average molecular weight is 128 g/mol. The zero-order valence-electron chi connectivity index (χ0n) is 6.28. The van der Waals surface area contributed by atoms with Gasteiger partial charge in [-0.1, -0.05) is 13.3 Å². The molecule has 9 heavy (non-hydrogen) atoms. The molecule has 0 aliphatic heterocycles. The van der Waals surface area contributed by atoms with Crippen molar-refractivity contribution in [1.29, 1.82) is 5.41 Å². The summed E-state index contributed by atoms with van der Waals surface area (Å²) in [5, 5.41) is 10.0. The monoisotopic (exact) mass is 128 g/mol. The van der Waals surface area contributed by atoms with Crippen LogP contribution in [-0.2, 0) is 0 Å². The van der Waals surface area contributed by atoms with Crippen molar-refractivity contribution in [1.82, 2.24) is 5.32 Å². The van der Waals surface area contributed by atoms with E-state index in [1.807, 2.05) is 6.92 Å². The predicted octanol–water partition coefficient (Wildman–Crippen LogP) is 1.41. The SMILES string of the molecule is CCCCNC(C)C=N. The third-order valence-electron chi connectivity index (χ3n) is 1.25. The summed E-state index contributed by atoms with van der Waals surface area (Å²) in [6, 6.07) is 0.247. The Hall–Kier alpha value is -0.370. The number of rotatable bonds is 5. The minimum absolute atomic E-state index is 0.247. The zero-order chi connectivity index (χ0) is 7.11. The molecule has 0 saturated carbocycles. The lowest BCUT2D eigenvalue weighted by Crippen LogP contribution is -2.27. The molecule has 0 heterocycles. The molecular formula is C7H16N2. The summed E-state index contributed by atoms with van der Waals surface area (Å²) < 4.78 is 0. The van der Waals surface area contributed by atoms with Crippen LogP contribution in [0.4, 0.5) is 0 Å². The van der Waals surface area contributed by atoms with Gasteiger partial charge in [-0.25, -0.2) is 0 Å². The molecular weight excluding hydrogens is 112 g/mol. The Labute approximate surface area is 57.2 Å². The predicted molar refractivity (Wildman–Crippen MR) is 41.2 cm³/mol. The highest BCUT2D eigenvalue weighted by molar-refractivity contribution is 5.59. The molecule has 0 fully saturated rings. The van der Waals surface area contributed by atoms with Crippen molar-refractivity contribution in [3.8, 4) is 0 Å². The second kappa shape index (κ2) is 5.76. The molecule has 0 saturated heterocycles. The van der Waals surface area contributed by atoms with Gasteiger partial charge >= 0.3 is 0 Å². The topological polar surface area (TPSA) is 35.9 Å². The summed E-state index contributed by atoms with van der Waals surface area (Å²) in [5.74, 6) is 0. The number of unbranched alkanes of at least 4 members (excludes halogenated alkanes) is 1. The van der Waals surface area contributed by atoms with Crippen LogP contribution in [0.1, 0.15) is 26.7 Å². The molecule has 0 aliphatic rings. The van der Waals surface area contributed by atoms with Gasteiger partial charge in [-0.2, -0.15) is 0 Å². The molecule has 0 amide bonds. The molecule has 0 radical (unpaired) electrons. The van der Waals surface area contributed by atoms with E-state index in [0.29, 0.717) is 0 Å². The molecule has 54 valence electrons. The molecule has 0 aromatic rings. The molecule has 0 aromatic carbocycles. The standard InChI is InChI=1S/C7H16N2/c1-3-4-5-9-7(2)6-8/h6-9H,3-5H2,1-2H3. The molecule has 2 heteroatoms. The fraction of sp³-hybridized carbons (Fsp3) is 0.857. The van der Waals surface area contributed by atoms with Crippen molar-refractivity contribution in [2.45, 2.75) is 32.7 Å². The normalized spacial score (nSPS) is 13.1. The first-order chi connectivity index (χ1) is 4.31. The van der Waals surface area contributed by atoms with E-state index in [4.69, 9.17) is 5.41 Å². The lowest BCUT2D eigenvalue weighted by molar-refractivity contribution is 0.622. The van der Waals surface area contributed by atoms with Gasteiger partial charge in [0, 0.05) is 12.3 Å². The van der Waals surface area contributed by atoms with E-state index in [9.17, 15) is 0 Å². The van der Waals surface area contributed by atoms with E-state index in [1.165, 1.54) is 19.1 Å². The highest BCUT2D eigenvalue weighted by Crippen LogP contribution is 1.83. The average Bonchev–Trinajstić information content (AvgIpc) is 1.89. The van der Waals surface area contributed by atoms with Crippen LogP contribution in [-0.4, -0.2) is 18.8 Å². The highest BCUT2D eigenvalue weighted by Gasteiger charge is 1.91. The Kier molecular flexibility index (Phi) is 5.52. The van der Waals surface area contributed by atoms with E-state index < -0.39 is 0 Å². The third kappa shape index (κ3) is 5.50. The van der Waals surface area contributed by atoms with E-state index >= 15 is 0 Å². The summed E-state index contributed by atoms with van der Waals surface area (Å²) in [7, 11) is 0. The maximum atomic E-state index is 6.86. The van der Waals surface area contributed by atoms with Crippen LogP contribution in [0.2, 0.25) is 0 Å². The second-order valence-corrected chi connectivity index (χ2v) is 2.26. The summed E-state index contributed by atoms with van der Waals surface area (Å²) in [4.78, 5) is 0. The van der Waals surface area contributed by atoms with Gasteiger partial charge in [0.25, 0.3) is 0 Å². The van der Waals surface area contributed by atoms with Crippen molar-refractivity contribution in [3.05, 3.63) is 0 Å². The molecule has 1 unspecified atom stereocenters. The maximum Gasteiger partial charge on any atom is 0.0388 e. The number of hydrogen-bond acceptors (Lipinski definition) is 2. The molecule has 1 atom stereocenters. The molecule has 2 nitrogen and oxygen atoms in total. The third-order valence-corrected chi connectivity index (χ3v) is 1.25. The van der Waals surface area contributed by atoms with Crippen LogP contribution >= 0.6 is 0 Å². The van der Waals surface area contributed by atoms with Crippen LogP contribution in [0.25, 0.3) is 0 Å². The Morgan fingerprint density at radius 1 is 1.67 bits per heavy atom. The summed E-state index contributed by atoms with van der Waals surface area (Å²) >= 11 is 0. The van der Waals surface area contributed by atoms with Crippen LogP contribution in [0.3, 0.4) is 0 Å². The van der Waals surface area contributed by atoms with Crippen molar-refractivity contribution in [3.63, 3.8) is 0 Å². The zero-order valence-corrected chi connectivity index (χ0v) is 6.28. The molecule has 0 rings (SSSR count). The van der Waals surface area contributed by atoms with Gasteiger partial charge in [0.2, 0.25) is 0 Å². The molecule has 0 aliphatic carbocycles. The molecule has 0 spiro atoms. The van der Waals surface area contributed by atoms with Crippen LogP contribution in [0.15, 0.2) is 0 Å². The maximum absolute atomic E-state index is 6.86. The van der Waals surface area contributed by atoms with Crippen LogP contribution in [0.5, 0.6) is 0 Å². The number of nitrogens with one attached hydrogen (secondary N) is 2. The smallest absolute Gasteiger partial charge is 0.0388 e. The van der Waals surface area contributed by atoms with Gasteiger partial charge in [0.15, 0.2) is 0 Å². The van der Waals surface area contributed by atoms with Crippen molar-refractivity contribution in [2.75, 3.05) is 6.54 Å². The van der Waals surface area contributed by atoms with E-state index in [0.717, 1.165) is 6.54 Å². The van der Waals surface area contributed by atoms with Crippen molar-refractivity contribution in [2.24, 2.45) is 0 Å². The second-order valence-electron chi connectivity index (χ2n) is 2.26. The summed E-state index contributed by atoms with van der Waals surface area (Å²) in [6.07, 6.45) is 3.85. The summed E-state index contributed by atoms with van der Waals surface area (Å²) in [6.45, 7) is 5.19. The van der Waals surface area contributed by atoms with Gasteiger partial charge in [0.1, 0.15) is 0 Å². The summed E-state index contributed by atoms with van der Waals surface area (Å²) in [5.41, 5.74) is 0. The first-order valence-corrected chi connectivity index (χ1v) is 3.55. The van der Waals surface area contributed by atoms with E-state index in [1.54, 1.807) is 0 Å². The van der Waals surface area contributed by atoms with Gasteiger partial charge in [0.05, 0.1) is 0 Å². The van der Waals surface area contributed by atoms with Gasteiger partial charge in [-0.3, -0.25) is 0 Å². The van der Waals surface area contributed by atoms with E-state index in [2.05, 4.69) is 12.2 Å². The van der Waals surface area contributed by atoms with Crippen LogP contribution < -0.4 is 5.32 Å². The molecule has 2 N–H and O–H groups in total. The Morgan fingerprint density at radius 2 is 2.33 bits per heavy atom. The van der Waals surface area contributed by atoms with Crippen molar-refractivity contribution < 1.29 is 0 Å². The fourth-order valence-corrected chi connectivity index (χ4v) is 0.565. The van der Waals surface area contributed by atoms with E-state index in [-0.39, 0.29) is 6.04 Å². The first-order valence-electron chi connectivity index (χ1n) is 3.55. The lowest BCUT2D eigenvalue weighted by atomic mass is 10.3. The lowest BCUT2D eigenvalue weighted by Gasteiger charge is -2.05. The van der Waals surface area contributed by atoms with Crippen molar-refractivity contribution >= 4 is 6.21 Å². The Bertz CT molecular complexity index is 71.3. The highest BCUT2D eigenvalue weighted by atomic mass is 14.9.